The highest BCUT2D eigenvalue weighted by atomic mass is 14.6. The number of nitrogens with two attached hydrogens (primary N) is 1. The summed E-state index contributed by atoms with van der Waals surface area (Å²) in [7, 11) is 0. The first-order chi connectivity index (χ1) is 9.63. The molecule has 1 rings (SSSR count). The Labute approximate surface area is 128 Å². The molecule has 1 heteroatoms. The Bertz CT molecular complexity index is 220. The highest BCUT2D eigenvalue weighted by Gasteiger charge is 2.18. The molecule has 0 amide bonds. The zero-order chi connectivity index (χ0) is 14.8. The van der Waals surface area contributed by atoms with Gasteiger partial charge < -0.3 is 5.73 Å². The second-order valence-electron chi connectivity index (χ2n) is 7.52. The Kier molecular flexibility index (Phi) is 9.59. The smallest absolute Gasteiger partial charge is 0.00389 e. The van der Waals surface area contributed by atoms with Crippen molar-refractivity contribution < 1.29 is 0 Å². The van der Waals surface area contributed by atoms with Gasteiger partial charge in [0.25, 0.3) is 0 Å². The quantitative estimate of drug-likeness (QED) is 0.528. The van der Waals surface area contributed by atoms with Crippen LogP contribution in [-0.4, -0.2) is 6.04 Å². The van der Waals surface area contributed by atoms with Crippen LogP contribution in [-0.2, 0) is 0 Å². The van der Waals surface area contributed by atoms with Gasteiger partial charge in [0.05, 0.1) is 0 Å². The van der Waals surface area contributed by atoms with E-state index >= 15 is 0 Å². The van der Waals surface area contributed by atoms with Gasteiger partial charge >= 0.3 is 0 Å². The van der Waals surface area contributed by atoms with E-state index in [0.717, 1.165) is 17.8 Å². The fourth-order valence-electron chi connectivity index (χ4n) is 3.63. The Morgan fingerprint density at radius 2 is 1.55 bits per heavy atom. The molecule has 0 aliphatic heterocycles. The van der Waals surface area contributed by atoms with Crippen molar-refractivity contribution >= 4 is 0 Å². The van der Waals surface area contributed by atoms with Gasteiger partial charge in [-0.25, -0.2) is 0 Å². The molecule has 120 valence electrons. The molecule has 0 heterocycles. The van der Waals surface area contributed by atoms with E-state index in [1.54, 1.807) is 0 Å². The van der Waals surface area contributed by atoms with Crippen LogP contribution in [0, 0.1) is 17.8 Å². The fraction of sp³-hybridized carbons (Fsp3) is 1.00. The predicted molar refractivity (Wildman–Crippen MR) is 90.9 cm³/mol. The number of hydrogen-bond acceptors (Lipinski definition) is 1. The molecule has 20 heavy (non-hydrogen) atoms. The van der Waals surface area contributed by atoms with E-state index in [4.69, 9.17) is 5.73 Å². The monoisotopic (exact) mass is 281 g/mol. The molecule has 0 saturated heterocycles. The van der Waals surface area contributed by atoms with E-state index in [-0.39, 0.29) is 0 Å². The van der Waals surface area contributed by atoms with Crippen molar-refractivity contribution in [2.24, 2.45) is 23.5 Å². The fourth-order valence-corrected chi connectivity index (χ4v) is 3.63. The summed E-state index contributed by atoms with van der Waals surface area (Å²) in [4.78, 5) is 0. The van der Waals surface area contributed by atoms with Gasteiger partial charge in [0.2, 0.25) is 0 Å². The van der Waals surface area contributed by atoms with Gasteiger partial charge in [-0.1, -0.05) is 78.6 Å². The van der Waals surface area contributed by atoms with E-state index in [1.807, 2.05) is 0 Å². The maximum absolute atomic E-state index is 6.20. The maximum atomic E-state index is 6.20. The van der Waals surface area contributed by atoms with Gasteiger partial charge in [-0.2, -0.15) is 0 Å². The average molecular weight is 282 g/mol. The Morgan fingerprint density at radius 1 is 0.900 bits per heavy atom. The minimum Gasteiger partial charge on any atom is -0.328 e. The molecule has 1 nitrogen and oxygen atoms in total. The van der Waals surface area contributed by atoms with Gasteiger partial charge in [0.1, 0.15) is 0 Å². The summed E-state index contributed by atoms with van der Waals surface area (Å²) in [6.07, 6.45) is 16.7. The van der Waals surface area contributed by atoms with Crippen LogP contribution in [0.25, 0.3) is 0 Å². The first kappa shape index (κ1) is 18.0. The third kappa shape index (κ3) is 7.67. The van der Waals surface area contributed by atoms with Crippen LogP contribution in [0.4, 0.5) is 0 Å². The third-order valence-electron chi connectivity index (χ3n) is 5.65. The van der Waals surface area contributed by atoms with E-state index in [2.05, 4.69) is 20.8 Å². The van der Waals surface area contributed by atoms with E-state index in [1.165, 1.54) is 77.0 Å². The van der Waals surface area contributed by atoms with Crippen LogP contribution < -0.4 is 5.73 Å². The van der Waals surface area contributed by atoms with Crippen molar-refractivity contribution in [3.63, 3.8) is 0 Å². The minimum absolute atomic E-state index is 0.447. The topological polar surface area (TPSA) is 26.0 Å². The minimum atomic E-state index is 0.447. The summed E-state index contributed by atoms with van der Waals surface area (Å²) in [6, 6.07) is 0.447. The normalized spacial score (nSPS) is 21.6. The number of unbranched alkanes of at least 4 members (excludes halogenated alkanes) is 1. The maximum Gasteiger partial charge on any atom is 0.00389 e. The molecule has 0 aromatic carbocycles. The molecule has 1 saturated carbocycles. The van der Waals surface area contributed by atoms with Crippen LogP contribution in [0.3, 0.4) is 0 Å². The Balaban J connectivity index is 2.09. The lowest BCUT2D eigenvalue weighted by Gasteiger charge is -2.26. The van der Waals surface area contributed by atoms with E-state index in [0.29, 0.717) is 6.04 Å². The van der Waals surface area contributed by atoms with E-state index < -0.39 is 0 Å². The predicted octanol–water partition coefficient (Wildman–Crippen LogP) is 5.92. The second-order valence-corrected chi connectivity index (χ2v) is 7.52. The van der Waals surface area contributed by atoms with Crippen molar-refractivity contribution in [3.8, 4) is 0 Å². The molecule has 1 fully saturated rings. The number of rotatable bonds is 10. The molecule has 0 radical (unpaired) electrons. The summed E-state index contributed by atoms with van der Waals surface area (Å²) in [6.45, 7) is 7.16. The second kappa shape index (κ2) is 10.7. The summed E-state index contributed by atoms with van der Waals surface area (Å²) < 4.78 is 0. The van der Waals surface area contributed by atoms with Crippen molar-refractivity contribution in [1.82, 2.24) is 0 Å². The highest BCUT2D eigenvalue weighted by molar-refractivity contribution is 4.71. The Hall–Kier alpha value is -0.0400. The molecule has 0 bridgehead atoms. The molecular formula is C19H39N. The molecule has 1 aliphatic carbocycles. The van der Waals surface area contributed by atoms with Crippen LogP contribution in [0.2, 0.25) is 0 Å². The zero-order valence-corrected chi connectivity index (χ0v) is 14.4. The highest BCUT2D eigenvalue weighted by Crippen LogP contribution is 2.31. The first-order valence-corrected chi connectivity index (χ1v) is 9.39. The van der Waals surface area contributed by atoms with E-state index in [9.17, 15) is 0 Å². The molecule has 0 aromatic heterocycles. The van der Waals surface area contributed by atoms with Crippen molar-refractivity contribution in [3.05, 3.63) is 0 Å². The summed E-state index contributed by atoms with van der Waals surface area (Å²) in [5.41, 5.74) is 6.20. The lowest BCUT2D eigenvalue weighted by molar-refractivity contribution is 0.268. The molecule has 3 unspecified atom stereocenters. The lowest BCUT2D eigenvalue weighted by Crippen LogP contribution is -2.22. The number of hydrogen-bond donors (Lipinski definition) is 1. The molecule has 1 aliphatic rings. The van der Waals surface area contributed by atoms with Crippen molar-refractivity contribution in [1.29, 1.82) is 0 Å². The lowest BCUT2D eigenvalue weighted by atomic mass is 9.81. The zero-order valence-electron chi connectivity index (χ0n) is 14.4. The van der Waals surface area contributed by atoms with Crippen LogP contribution in [0.15, 0.2) is 0 Å². The standard InChI is InChI=1S/C19H39N/c1-4-5-11-19(20)15-13-17(3)16(2)12-14-18-9-7-6-8-10-18/h16-19H,4-15,20H2,1-3H3. The largest absolute Gasteiger partial charge is 0.328 e. The summed E-state index contributed by atoms with van der Waals surface area (Å²) in [5, 5.41) is 0. The van der Waals surface area contributed by atoms with Crippen molar-refractivity contribution in [2.75, 3.05) is 0 Å². The van der Waals surface area contributed by atoms with Gasteiger partial charge in [0.15, 0.2) is 0 Å². The van der Waals surface area contributed by atoms with Crippen LogP contribution in [0.1, 0.15) is 97.8 Å². The van der Waals surface area contributed by atoms with Gasteiger partial charge in [0, 0.05) is 6.04 Å². The van der Waals surface area contributed by atoms with Crippen LogP contribution in [0.5, 0.6) is 0 Å². The molecular weight excluding hydrogens is 242 g/mol. The molecule has 3 atom stereocenters. The summed E-state index contributed by atoms with van der Waals surface area (Å²) in [5.74, 6) is 2.78. The summed E-state index contributed by atoms with van der Waals surface area (Å²) >= 11 is 0. The average Bonchev–Trinajstić information content (AvgIpc) is 2.49. The van der Waals surface area contributed by atoms with Crippen molar-refractivity contribution in [2.45, 2.75) is 104 Å². The molecule has 2 N–H and O–H groups in total. The SMILES string of the molecule is CCCCC(N)CCC(C)C(C)CCC1CCCCC1. The molecule has 0 spiro atoms. The Morgan fingerprint density at radius 3 is 2.20 bits per heavy atom. The van der Waals surface area contributed by atoms with Crippen LogP contribution >= 0.6 is 0 Å². The molecule has 0 aromatic rings. The third-order valence-corrected chi connectivity index (χ3v) is 5.65. The van der Waals surface area contributed by atoms with Gasteiger partial charge in [-0.15, -0.1) is 0 Å². The van der Waals surface area contributed by atoms with Gasteiger partial charge in [-0.3, -0.25) is 0 Å². The van der Waals surface area contributed by atoms with Gasteiger partial charge in [-0.05, 0) is 37.0 Å². The first-order valence-electron chi connectivity index (χ1n) is 9.39.